The van der Waals surface area contributed by atoms with Crippen molar-refractivity contribution < 1.29 is 0 Å². The minimum atomic E-state index is 0.0371. The quantitative estimate of drug-likeness (QED) is 0.776. The number of thiophene rings is 1. The van der Waals surface area contributed by atoms with Gasteiger partial charge in [-0.3, -0.25) is 0 Å². The highest BCUT2D eigenvalue weighted by Gasteiger charge is 2.24. The van der Waals surface area contributed by atoms with Gasteiger partial charge in [0, 0.05) is 21.2 Å². The number of hydrogen-bond acceptors (Lipinski definition) is 4. The number of fused-ring (bicyclic) bond motifs is 1. The van der Waals surface area contributed by atoms with E-state index in [1.807, 2.05) is 35.0 Å². The van der Waals surface area contributed by atoms with Crippen LogP contribution in [0.4, 0.5) is 5.95 Å². The zero-order valence-corrected chi connectivity index (χ0v) is 12.5. The number of aromatic nitrogens is 3. The van der Waals surface area contributed by atoms with E-state index in [1.165, 1.54) is 4.88 Å². The van der Waals surface area contributed by atoms with Crippen LogP contribution in [0.25, 0.3) is 5.70 Å². The Hall–Kier alpha value is -2.11. The maximum Gasteiger partial charge on any atom is 0.226 e. The third kappa shape index (κ3) is 2.14. The number of halogens is 1. The van der Waals surface area contributed by atoms with Crippen LogP contribution in [0.5, 0.6) is 0 Å². The summed E-state index contributed by atoms with van der Waals surface area (Å²) in [6.45, 7) is 0. The van der Waals surface area contributed by atoms with Crippen molar-refractivity contribution in [3.05, 3.63) is 69.6 Å². The van der Waals surface area contributed by atoms with Crippen LogP contribution in [0.15, 0.2) is 54.2 Å². The van der Waals surface area contributed by atoms with Crippen molar-refractivity contribution in [1.29, 1.82) is 0 Å². The first-order valence-corrected chi connectivity index (χ1v) is 7.75. The second kappa shape index (κ2) is 5.02. The van der Waals surface area contributed by atoms with Crippen molar-refractivity contribution in [1.82, 2.24) is 14.8 Å². The molecule has 0 amide bonds. The highest BCUT2D eigenvalue weighted by atomic mass is 35.5. The zero-order valence-electron chi connectivity index (χ0n) is 10.9. The summed E-state index contributed by atoms with van der Waals surface area (Å²) in [7, 11) is 0. The molecule has 0 saturated carbocycles. The number of nitrogens with zero attached hydrogens (tertiary/aromatic N) is 3. The number of anilines is 1. The second-order valence-electron chi connectivity index (χ2n) is 4.67. The van der Waals surface area contributed by atoms with E-state index in [-0.39, 0.29) is 6.04 Å². The van der Waals surface area contributed by atoms with E-state index < -0.39 is 0 Å². The van der Waals surface area contributed by atoms with Crippen molar-refractivity contribution in [2.45, 2.75) is 6.04 Å². The topological polar surface area (TPSA) is 42.7 Å². The molecule has 0 fully saturated rings. The predicted octanol–water partition coefficient (Wildman–Crippen LogP) is 4.05. The lowest BCUT2D eigenvalue weighted by Gasteiger charge is -2.23. The van der Waals surface area contributed by atoms with Crippen molar-refractivity contribution in [2.24, 2.45) is 0 Å². The van der Waals surface area contributed by atoms with Gasteiger partial charge < -0.3 is 5.32 Å². The molecule has 1 N–H and O–H groups in total. The van der Waals surface area contributed by atoms with Gasteiger partial charge in [0.15, 0.2) is 0 Å². The van der Waals surface area contributed by atoms with Gasteiger partial charge in [-0.1, -0.05) is 35.9 Å². The SMILES string of the molecule is Clc1ccccc1C1=C[C@H](c2cccs2)n2ncnc2N1. The Morgan fingerprint density at radius 2 is 2.10 bits per heavy atom. The molecule has 104 valence electrons. The Labute approximate surface area is 130 Å². The van der Waals surface area contributed by atoms with Crippen LogP contribution in [0.3, 0.4) is 0 Å². The molecule has 0 saturated heterocycles. The fourth-order valence-corrected chi connectivity index (χ4v) is 3.45. The molecule has 2 aromatic heterocycles. The Kier molecular flexibility index (Phi) is 3.02. The molecule has 0 spiro atoms. The number of nitrogens with one attached hydrogen (secondary N) is 1. The van der Waals surface area contributed by atoms with Gasteiger partial charge in [0.1, 0.15) is 12.4 Å². The van der Waals surface area contributed by atoms with E-state index in [9.17, 15) is 0 Å². The predicted molar refractivity (Wildman–Crippen MR) is 85.5 cm³/mol. The lowest BCUT2D eigenvalue weighted by Crippen LogP contribution is -2.19. The van der Waals surface area contributed by atoms with Gasteiger partial charge in [-0.25, -0.2) is 4.68 Å². The van der Waals surface area contributed by atoms with E-state index in [2.05, 4.69) is 32.9 Å². The molecule has 1 aliphatic rings. The lowest BCUT2D eigenvalue weighted by atomic mass is 10.1. The molecule has 3 heterocycles. The van der Waals surface area contributed by atoms with Gasteiger partial charge >= 0.3 is 0 Å². The van der Waals surface area contributed by atoms with Crippen LogP contribution in [0.2, 0.25) is 5.02 Å². The molecule has 1 atom stereocenters. The highest BCUT2D eigenvalue weighted by Crippen LogP contribution is 2.35. The number of allylic oxidation sites excluding steroid dienone is 1. The molecular formula is C15H11ClN4S. The van der Waals surface area contributed by atoms with Crippen LogP contribution in [-0.2, 0) is 0 Å². The molecule has 4 nitrogen and oxygen atoms in total. The van der Waals surface area contributed by atoms with Crippen LogP contribution in [-0.4, -0.2) is 14.8 Å². The van der Waals surface area contributed by atoms with E-state index in [0.717, 1.165) is 17.2 Å². The highest BCUT2D eigenvalue weighted by molar-refractivity contribution is 7.10. The summed E-state index contributed by atoms with van der Waals surface area (Å²) in [5, 5.41) is 10.4. The van der Waals surface area contributed by atoms with E-state index in [4.69, 9.17) is 11.6 Å². The monoisotopic (exact) mass is 314 g/mol. The molecule has 0 unspecified atom stereocenters. The van der Waals surface area contributed by atoms with Crippen molar-refractivity contribution >= 4 is 34.6 Å². The summed E-state index contributed by atoms with van der Waals surface area (Å²) < 4.78 is 1.88. The Morgan fingerprint density at radius 3 is 2.90 bits per heavy atom. The van der Waals surface area contributed by atoms with E-state index >= 15 is 0 Å². The van der Waals surface area contributed by atoms with Crippen LogP contribution < -0.4 is 5.32 Å². The minimum Gasteiger partial charge on any atom is -0.324 e. The van der Waals surface area contributed by atoms with Crippen LogP contribution in [0.1, 0.15) is 16.5 Å². The molecule has 1 aromatic carbocycles. The minimum absolute atomic E-state index is 0.0371. The first-order valence-electron chi connectivity index (χ1n) is 6.49. The molecular weight excluding hydrogens is 304 g/mol. The van der Waals surface area contributed by atoms with E-state index in [0.29, 0.717) is 5.02 Å². The number of benzene rings is 1. The van der Waals surface area contributed by atoms with Crippen molar-refractivity contribution in [3.8, 4) is 0 Å². The molecule has 1 aliphatic heterocycles. The molecule has 3 aromatic rings. The average Bonchev–Trinajstić information content (AvgIpc) is 3.18. The first-order chi connectivity index (χ1) is 10.3. The van der Waals surface area contributed by atoms with E-state index in [1.54, 1.807) is 17.7 Å². The Bertz CT molecular complexity index is 807. The molecule has 21 heavy (non-hydrogen) atoms. The third-order valence-electron chi connectivity index (χ3n) is 3.41. The van der Waals surface area contributed by atoms with Gasteiger partial charge in [-0.2, -0.15) is 10.1 Å². The van der Waals surface area contributed by atoms with Gasteiger partial charge in [0.05, 0.1) is 0 Å². The molecule has 0 radical (unpaired) electrons. The van der Waals surface area contributed by atoms with Gasteiger partial charge in [0.25, 0.3) is 0 Å². The summed E-state index contributed by atoms with van der Waals surface area (Å²) in [6, 6.07) is 12.0. The first kappa shape index (κ1) is 12.6. The lowest BCUT2D eigenvalue weighted by molar-refractivity contribution is 0.620. The third-order valence-corrected chi connectivity index (χ3v) is 4.68. The van der Waals surface area contributed by atoms with Crippen molar-refractivity contribution in [3.63, 3.8) is 0 Å². The second-order valence-corrected chi connectivity index (χ2v) is 6.06. The van der Waals surface area contributed by atoms with Crippen LogP contribution in [0, 0.1) is 0 Å². The molecule has 4 rings (SSSR count). The fraction of sp³-hybridized carbons (Fsp3) is 0.0667. The largest absolute Gasteiger partial charge is 0.324 e. The fourth-order valence-electron chi connectivity index (χ4n) is 2.43. The summed E-state index contributed by atoms with van der Waals surface area (Å²) in [6.07, 6.45) is 3.70. The summed E-state index contributed by atoms with van der Waals surface area (Å²) >= 11 is 8.01. The zero-order chi connectivity index (χ0) is 14.2. The normalized spacial score (nSPS) is 17.0. The summed E-state index contributed by atoms with van der Waals surface area (Å²) in [4.78, 5) is 5.50. The smallest absolute Gasteiger partial charge is 0.226 e. The Morgan fingerprint density at radius 1 is 1.19 bits per heavy atom. The van der Waals surface area contributed by atoms with Crippen molar-refractivity contribution in [2.75, 3.05) is 5.32 Å². The molecule has 0 aliphatic carbocycles. The number of rotatable bonds is 2. The molecule has 6 heteroatoms. The van der Waals surface area contributed by atoms with Gasteiger partial charge in [-0.15, -0.1) is 11.3 Å². The van der Waals surface area contributed by atoms with Crippen LogP contribution >= 0.6 is 22.9 Å². The maximum absolute atomic E-state index is 6.31. The average molecular weight is 315 g/mol. The summed E-state index contributed by atoms with van der Waals surface area (Å²) in [5.74, 6) is 0.728. The summed E-state index contributed by atoms with van der Waals surface area (Å²) in [5.41, 5.74) is 1.93. The Balaban J connectivity index is 1.85. The standard InChI is InChI=1S/C15H11ClN4S/c16-11-5-2-1-4-10(11)12-8-13(14-6-3-7-21-14)20-15(19-12)17-9-18-20/h1-9,13H,(H,17,18,19)/t13-/m1/s1. The maximum atomic E-state index is 6.31. The van der Waals surface area contributed by atoms with Gasteiger partial charge in [0.2, 0.25) is 5.95 Å². The van der Waals surface area contributed by atoms with Gasteiger partial charge in [-0.05, 0) is 23.6 Å². The number of hydrogen-bond donors (Lipinski definition) is 1. The molecule has 0 bridgehead atoms.